The quantitative estimate of drug-likeness (QED) is 0.446. The van der Waals surface area contributed by atoms with E-state index in [0.29, 0.717) is 13.2 Å². The molecule has 0 aromatic heterocycles. The maximum absolute atomic E-state index is 9.96. The third kappa shape index (κ3) is 6.97. The Bertz CT molecular complexity index is 114. The first-order chi connectivity index (χ1) is 4.77. The van der Waals surface area contributed by atoms with Gasteiger partial charge in [-0.05, 0) is 0 Å². The van der Waals surface area contributed by atoms with Gasteiger partial charge in [-0.1, -0.05) is 6.08 Å². The van der Waals surface area contributed by atoms with Crippen LogP contribution in [0.25, 0.3) is 0 Å². The number of rotatable bonds is 5. The molecule has 0 aliphatic rings. The summed E-state index contributed by atoms with van der Waals surface area (Å²) in [5.41, 5.74) is 4.67. The van der Waals surface area contributed by atoms with Crippen molar-refractivity contribution in [3.63, 3.8) is 0 Å². The summed E-state index contributed by atoms with van der Waals surface area (Å²) in [6, 6.07) is 0. The number of carbonyl (C=O) groups excluding carboxylic acids is 1. The first kappa shape index (κ1) is 8.97. The smallest absolute Gasteiger partial charge is 0.404 e. The zero-order valence-electron chi connectivity index (χ0n) is 5.71. The molecule has 0 aromatic rings. The van der Waals surface area contributed by atoms with Gasteiger partial charge in [0.15, 0.2) is 0 Å². The number of nitrogens with two attached hydrogens (primary N) is 1. The van der Waals surface area contributed by atoms with Crippen molar-refractivity contribution in [1.29, 1.82) is 0 Å². The van der Waals surface area contributed by atoms with E-state index in [1.54, 1.807) is 6.08 Å². The second kappa shape index (κ2) is 6.10. The van der Waals surface area contributed by atoms with Crippen LogP contribution in [0.4, 0.5) is 4.79 Å². The fourth-order valence-corrected chi connectivity index (χ4v) is 0.368. The largest absolute Gasteiger partial charge is 0.447 e. The minimum atomic E-state index is -0.776. The van der Waals surface area contributed by atoms with Crippen molar-refractivity contribution >= 4 is 6.09 Å². The van der Waals surface area contributed by atoms with E-state index >= 15 is 0 Å². The Balaban J connectivity index is 2.90. The first-order valence-corrected chi connectivity index (χ1v) is 2.88. The summed E-state index contributed by atoms with van der Waals surface area (Å²) in [4.78, 5) is 9.96. The zero-order chi connectivity index (χ0) is 7.82. The van der Waals surface area contributed by atoms with E-state index in [-0.39, 0.29) is 6.61 Å². The predicted molar refractivity (Wildman–Crippen MR) is 36.6 cm³/mol. The van der Waals surface area contributed by atoms with Gasteiger partial charge < -0.3 is 15.2 Å². The van der Waals surface area contributed by atoms with E-state index in [0.717, 1.165) is 0 Å². The summed E-state index contributed by atoms with van der Waals surface area (Å²) in [5, 5.41) is 0. The highest BCUT2D eigenvalue weighted by atomic mass is 16.6. The highest BCUT2D eigenvalue weighted by Crippen LogP contribution is 1.77. The third-order valence-corrected chi connectivity index (χ3v) is 0.708. The number of primary amides is 1. The normalized spacial score (nSPS) is 8.80. The number of carbonyl (C=O) groups is 1. The standard InChI is InChI=1S/C6H11NO3/c1-2-3-9-4-5-10-6(7)8/h2H,1,3-5H2,(H2,7,8). The van der Waals surface area contributed by atoms with E-state index < -0.39 is 6.09 Å². The van der Waals surface area contributed by atoms with E-state index in [2.05, 4.69) is 17.0 Å². The van der Waals surface area contributed by atoms with Gasteiger partial charge in [0.05, 0.1) is 13.2 Å². The Kier molecular flexibility index (Phi) is 5.47. The molecule has 2 N–H and O–H groups in total. The maximum Gasteiger partial charge on any atom is 0.404 e. The molecule has 58 valence electrons. The second-order valence-corrected chi connectivity index (χ2v) is 1.53. The number of ether oxygens (including phenoxy) is 2. The molecule has 0 aliphatic heterocycles. The highest BCUT2D eigenvalue weighted by molar-refractivity contribution is 5.64. The molecule has 10 heavy (non-hydrogen) atoms. The van der Waals surface area contributed by atoms with Crippen LogP contribution < -0.4 is 5.73 Å². The van der Waals surface area contributed by atoms with Gasteiger partial charge in [-0.15, -0.1) is 6.58 Å². The second-order valence-electron chi connectivity index (χ2n) is 1.53. The van der Waals surface area contributed by atoms with Crippen molar-refractivity contribution in [3.05, 3.63) is 12.7 Å². The molecule has 0 saturated heterocycles. The van der Waals surface area contributed by atoms with E-state index in [4.69, 9.17) is 4.74 Å². The van der Waals surface area contributed by atoms with Gasteiger partial charge >= 0.3 is 6.09 Å². The van der Waals surface area contributed by atoms with Crippen LogP contribution in [-0.4, -0.2) is 25.9 Å². The average molecular weight is 145 g/mol. The molecule has 0 atom stereocenters. The average Bonchev–Trinajstić information content (AvgIpc) is 1.87. The van der Waals surface area contributed by atoms with E-state index in [1.807, 2.05) is 0 Å². The highest BCUT2D eigenvalue weighted by Gasteiger charge is 1.90. The fourth-order valence-electron chi connectivity index (χ4n) is 0.368. The Morgan fingerprint density at radius 3 is 2.80 bits per heavy atom. The van der Waals surface area contributed by atoms with E-state index in [1.165, 1.54) is 0 Å². The summed E-state index contributed by atoms with van der Waals surface area (Å²) in [6.07, 6.45) is 0.840. The molecule has 1 amide bonds. The number of amides is 1. The lowest BCUT2D eigenvalue weighted by Crippen LogP contribution is -2.16. The van der Waals surface area contributed by atoms with E-state index in [9.17, 15) is 4.79 Å². The van der Waals surface area contributed by atoms with Crippen LogP contribution in [-0.2, 0) is 9.47 Å². The molecular formula is C6H11NO3. The van der Waals surface area contributed by atoms with Crippen LogP contribution in [0, 0.1) is 0 Å². The number of hydrogen-bond donors (Lipinski definition) is 1. The monoisotopic (exact) mass is 145 g/mol. The van der Waals surface area contributed by atoms with Crippen molar-refractivity contribution in [2.75, 3.05) is 19.8 Å². The molecule has 0 radical (unpaired) electrons. The number of hydrogen-bond acceptors (Lipinski definition) is 3. The van der Waals surface area contributed by atoms with Crippen LogP contribution in [0.1, 0.15) is 0 Å². The summed E-state index contributed by atoms with van der Waals surface area (Å²) >= 11 is 0. The summed E-state index contributed by atoms with van der Waals surface area (Å²) in [6.45, 7) is 4.45. The molecule has 0 saturated carbocycles. The molecule has 0 unspecified atom stereocenters. The molecule has 0 heterocycles. The SMILES string of the molecule is C=CCOCCOC(N)=O. The predicted octanol–water partition coefficient (Wildman–Crippen LogP) is 0.284. The van der Waals surface area contributed by atoms with Crippen LogP contribution >= 0.6 is 0 Å². The lowest BCUT2D eigenvalue weighted by molar-refractivity contribution is 0.0900. The van der Waals surface area contributed by atoms with Crippen molar-refractivity contribution < 1.29 is 14.3 Å². The van der Waals surface area contributed by atoms with Crippen LogP contribution in [0.3, 0.4) is 0 Å². The van der Waals surface area contributed by atoms with Gasteiger partial charge in [-0.3, -0.25) is 0 Å². The van der Waals surface area contributed by atoms with Crippen LogP contribution in [0.2, 0.25) is 0 Å². The maximum atomic E-state index is 9.96. The summed E-state index contributed by atoms with van der Waals surface area (Å²) < 4.78 is 9.25. The van der Waals surface area contributed by atoms with Gasteiger partial charge in [-0.25, -0.2) is 4.79 Å². The molecule has 4 nitrogen and oxygen atoms in total. The molecule has 0 bridgehead atoms. The molecule has 4 heteroatoms. The minimum Gasteiger partial charge on any atom is -0.447 e. The molecule has 0 fully saturated rings. The van der Waals surface area contributed by atoms with Crippen LogP contribution in [0.15, 0.2) is 12.7 Å². The molecule has 0 rings (SSSR count). The Morgan fingerprint density at radius 1 is 1.60 bits per heavy atom. The molecular weight excluding hydrogens is 134 g/mol. The van der Waals surface area contributed by atoms with Crippen molar-refractivity contribution in [1.82, 2.24) is 0 Å². The minimum absolute atomic E-state index is 0.198. The Hall–Kier alpha value is -1.03. The topological polar surface area (TPSA) is 61.6 Å². The Labute approximate surface area is 59.6 Å². The van der Waals surface area contributed by atoms with Gasteiger partial charge in [0.1, 0.15) is 6.61 Å². The fraction of sp³-hybridized carbons (Fsp3) is 0.500. The van der Waals surface area contributed by atoms with Gasteiger partial charge in [0.2, 0.25) is 0 Å². The molecule has 0 aliphatic carbocycles. The first-order valence-electron chi connectivity index (χ1n) is 2.88. The van der Waals surface area contributed by atoms with Gasteiger partial charge in [0.25, 0.3) is 0 Å². The van der Waals surface area contributed by atoms with Crippen molar-refractivity contribution in [3.8, 4) is 0 Å². The van der Waals surface area contributed by atoms with Crippen molar-refractivity contribution in [2.24, 2.45) is 5.73 Å². The zero-order valence-corrected chi connectivity index (χ0v) is 5.71. The van der Waals surface area contributed by atoms with Gasteiger partial charge in [0, 0.05) is 0 Å². The summed E-state index contributed by atoms with van der Waals surface area (Å²) in [5.74, 6) is 0. The van der Waals surface area contributed by atoms with Gasteiger partial charge in [-0.2, -0.15) is 0 Å². The Morgan fingerprint density at radius 2 is 2.30 bits per heavy atom. The molecule has 0 spiro atoms. The third-order valence-electron chi connectivity index (χ3n) is 0.708. The lowest BCUT2D eigenvalue weighted by atomic mass is 10.7. The summed E-state index contributed by atoms with van der Waals surface area (Å²) in [7, 11) is 0. The molecule has 0 aromatic carbocycles. The van der Waals surface area contributed by atoms with Crippen LogP contribution in [0.5, 0.6) is 0 Å². The van der Waals surface area contributed by atoms with Crippen molar-refractivity contribution in [2.45, 2.75) is 0 Å². The lowest BCUT2D eigenvalue weighted by Gasteiger charge is -2.00.